The van der Waals surface area contributed by atoms with Crippen LogP contribution in [0.15, 0.2) is 197 Å². The van der Waals surface area contributed by atoms with Gasteiger partial charge in [-0.05, 0) is 80.0 Å². The maximum absolute atomic E-state index is 6.99. The first-order chi connectivity index (χ1) is 27.8. The molecule has 0 aliphatic heterocycles. The third-order valence-electron chi connectivity index (χ3n) is 12.5. The number of rotatable bonds is 3. The lowest BCUT2D eigenvalue weighted by Crippen LogP contribution is -2.26. The number of para-hydroxylation sites is 3. The summed E-state index contributed by atoms with van der Waals surface area (Å²) in [6.45, 7) is 0. The van der Waals surface area contributed by atoms with E-state index in [1.54, 1.807) is 0 Å². The molecular formula is C53H31NO2. The number of hydrogen-bond acceptors (Lipinski definition) is 3. The largest absolute Gasteiger partial charge is 0.454 e. The molecule has 0 bridgehead atoms. The van der Waals surface area contributed by atoms with E-state index in [1.807, 2.05) is 6.07 Å². The van der Waals surface area contributed by atoms with E-state index in [9.17, 15) is 0 Å². The van der Waals surface area contributed by atoms with Crippen molar-refractivity contribution in [3.8, 4) is 22.3 Å². The molecule has 3 heteroatoms. The predicted molar refractivity (Wildman–Crippen MR) is 229 cm³/mol. The number of hydrogen-bond donors (Lipinski definition) is 0. The topological polar surface area (TPSA) is 29.5 Å². The number of furan rings is 2. The smallest absolute Gasteiger partial charge is 0.160 e. The summed E-state index contributed by atoms with van der Waals surface area (Å²) < 4.78 is 13.9. The molecule has 0 fully saturated rings. The first-order valence-electron chi connectivity index (χ1n) is 19.3. The van der Waals surface area contributed by atoms with Gasteiger partial charge in [-0.3, -0.25) is 0 Å². The fraction of sp³-hybridized carbons (Fsp3) is 0.0189. The molecule has 0 amide bonds. The van der Waals surface area contributed by atoms with Gasteiger partial charge in [0, 0.05) is 27.1 Å². The van der Waals surface area contributed by atoms with Gasteiger partial charge in [0.1, 0.15) is 11.2 Å². The van der Waals surface area contributed by atoms with Crippen LogP contribution in [0.5, 0.6) is 0 Å². The second-order valence-electron chi connectivity index (χ2n) is 15.1. The summed E-state index contributed by atoms with van der Waals surface area (Å²) in [6, 6.07) is 68.1. The Balaban J connectivity index is 1.21. The molecule has 0 atom stereocenters. The molecule has 0 saturated carbocycles. The van der Waals surface area contributed by atoms with E-state index in [4.69, 9.17) is 8.83 Å². The quantitative estimate of drug-likeness (QED) is 0.183. The van der Waals surface area contributed by atoms with E-state index >= 15 is 0 Å². The predicted octanol–water partition coefficient (Wildman–Crippen LogP) is 14.5. The van der Waals surface area contributed by atoms with Gasteiger partial charge in [-0.1, -0.05) is 158 Å². The highest BCUT2D eigenvalue weighted by Gasteiger charge is 2.52. The first-order valence-corrected chi connectivity index (χ1v) is 19.3. The van der Waals surface area contributed by atoms with Crippen molar-refractivity contribution in [3.05, 3.63) is 210 Å². The van der Waals surface area contributed by atoms with Crippen molar-refractivity contribution in [2.45, 2.75) is 5.41 Å². The third-order valence-corrected chi connectivity index (χ3v) is 12.5. The number of fused-ring (bicyclic) bond motifs is 18. The van der Waals surface area contributed by atoms with Crippen molar-refractivity contribution in [3.63, 3.8) is 0 Å². The molecule has 13 rings (SSSR count). The van der Waals surface area contributed by atoms with Crippen molar-refractivity contribution in [1.82, 2.24) is 0 Å². The highest BCUT2D eigenvalue weighted by atomic mass is 16.3. The zero-order valence-electron chi connectivity index (χ0n) is 30.2. The van der Waals surface area contributed by atoms with Crippen molar-refractivity contribution < 1.29 is 8.83 Å². The molecular weight excluding hydrogens is 683 g/mol. The first kappa shape index (κ1) is 30.0. The summed E-state index contributed by atoms with van der Waals surface area (Å²) in [5, 5.41) is 6.69. The van der Waals surface area contributed by atoms with E-state index in [0.717, 1.165) is 66.3 Å². The Hall–Kier alpha value is -7.36. The van der Waals surface area contributed by atoms with E-state index in [2.05, 4.69) is 187 Å². The van der Waals surface area contributed by atoms with E-state index < -0.39 is 5.41 Å². The monoisotopic (exact) mass is 713 g/mol. The van der Waals surface area contributed by atoms with E-state index in [0.29, 0.717) is 0 Å². The lowest BCUT2D eigenvalue weighted by Gasteiger charge is -2.31. The number of nitrogens with zero attached hydrogens (tertiary/aromatic N) is 1. The summed E-state index contributed by atoms with van der Waals surface area (Å²) in [5.74, 6) is 0. The molecule has 260 valence electrons. The minimum Gasteiger partial charge on any atom is -0.454 e. The Kier molecular flexibility index (Phi) is 5.83. The summed E-state index contributed by atoms with van der Waals surface area (Å²) >= 11 is 0. The van der Waals surface area contributed by atoms with Gasteiger partial charge in [0.15, 0.2) is 11.2 Å². The third kappa shape index (κ3) is 3.67. The number of benzene rings is 9. The summed E-state index contributed by atoms with van der Waals surface area (Å²) in [7, 11) is 0. The van der Waals surface area contributed by atoms with Crippen LogP contribution >= 0.6 is 0 Å². The van der Waals surface area contributed by atoms with Gasteiger partial charge in [-0.25, -0.2) is 0 Å². The standard InChI is InChI=1S/C53H31NO2/c1-2-16-33-32(15-1)31-46(52-49(33)39-21-7-12-30-48(39)56-52)54(45-28-13-22-37-36-19-6-11-29-47(36)55-51(37)45)44-27-14-26-43-50(44)38-20-5-10-25-42(38)53(43)40-23-8-3-17-34(40)35-18-4-9-24-41(35)53/h1-31H. The SMILES string of the molecule is c1ccc2c(c1)-c1ccccc1C21c2ccccc2-c2c(N(c3cccc4c3oc3ccccc34)c3cc4ccccc4c4c3oc3ccccc34)cccc21. The van der Waals surface area contributed by atoms with Crippen molar-refractivity contribution >= 4 is 71.7 Å². The maximum Gasteiger partial charge on any atom is 0.160 e. The molecule has 9 aromatic carbocycles. The van der Waals surface area contributed by atoms with E-state index in [1.165, 1.54) is 49.9 Å². The van der Waals surface area contributed by atoms with Crippen LogP contribution in [0.25, 0.3) is 76.9 Å². The van der Waals surface area contributed by atoms with Gasteiger partial charge in [0.05, 0.1) is 22.5 Å². The second-order valence-corrected chi connectivity index (χ2v) is 15.1. The van der Waals surface area contributed by atoms with E-state index in [-0.39, 0.29) is 0 Å². The molecule has 0 N–H and O–H groups in total. The van der Waals surface area contributed by atoms with Gasteiger partial charge < -0.3 is 13.7 Å². The zero-order valence-corrected chi connectivity index (χ0v) is 30.2. The van der Waals surface area contributed by atoms with Crippen LogP contribution in [-0.2, 0) is 5.41 Å². The zero-order chi connectivity index (χ0) is 36.5. The van der Waals surface area contributed by atoms with Crippen LogP contribution in [0.2, 0.25) is 0 Å². The maximum atomic E-state index is 6.99. The Labute approximate surface area is 322 Å². The molecule has 0 saturated heterocycles. The lowest BCUT2D eigenvalue weighted by molar-refractivity contribution is 0.666. The van der Waals surface area contributed by atoms with Gasteiger partial charge >= 0.3 is 0 Å². The summed E-state index contributed by atoms with van der Waals surface area (Å²) in [5.41, 5.74) is 16.1. The van der Waals surface area contributed by atoms with Crippen LogP contribution in [0.1, 0.15) is 22.3 Å². The fourth-order valence-corrected chi connectivity index (χ4v) is 10.3. The normalized spacial score (nSPS) is 13.5. The molecule has 2 heterocycles. The highest BCUT2D eigenvalue weighted by Crippen LogP contribution is 2.65. The van der Waals surface area contributed by atoms with Crippen molar-refractivity contribution in [2.24, 2.45) is 0 Å². The van der Waals surface area contributed by atoms with Crippen LogP contribution in [-0.4, -0.2) is 0 Å². The van der Waals surface area contributed by atoms with Crippen LogP contribution < -0.4 is 4.90 Å². The molecule has 1 spiro atoms. The summed E-state index contributed by atoms with van der Waals surface area (Å²) in [4.78, 5) is 2.42. The van der Waals surface area contributed by atoms with Gasteiger partial charge in [0.2, 0.25) is 0 Å². The molecule has 0 radical (unpaired) electrons. The Morgan fingerprint density at radius 2 is 0.875 bits per heavy atom. The molecule has 56 heavy (non-hydrogen) atoms. The Bertz CT molecular complexity index is 3410. The Morgan fingerprint density at radius 1 is 0.357 bits per heavy atom. The molecule has 2 aromatic heterocycles. The van der Waals surface area contributed by atoms with Crippen LogP contribution in [0.3, 0.4) is 0 Å². The van der Waals surface area contributed by atoms with Crippen LogP contribution in [0, 0.1) is 0 Å². The van der Waals surface area contributed by atoms with Crippen LogP contribution in [0.4, 0.5) is 17.1 Å². The Morgan fingerprint density at radius 3 is 1.64 bits per heavy atom. The minimum atomic E-state index is -0.482. The summed E-state index contributed by atoms with van der Waals surface area (Å²) in [6.07, 6.45) is 0. The second kappa shape index (κ2) is 10.9. The average molecular weight is 714 g/mol. The highest BCUT2D eigenvalue weighted by molar-refractivity contribution is 6.24. The fourth-order valence-electron chi connectivity index (χ4n) is 10.3. The molecule has 11 aromatic rings. The number of anilines is 3. The van der Waals surface area contributed by atoms with Crippen molar-refractivity contribution in [1.29, 1.82) is 0 Å². The van der Waals surface area contributed by atoms with Crippen molar-refractivity contribution in [2.75, 3.05) is 4.90 Å². The lowest BCUT2D eigenvalue weighted by atomic mass is 9.70. The average Bonchev–Trinajstić information content (AvgIpc) is 4.00. The van der Waals surface area contributed by atoms with Gasteiger partial charge in [-0.2, -0.15) is 0 Å². The molecule has 0 unspecified atom stereocenters. The molecule has 3 nitrogen and oxygen atoms in total. The van der Waals surface area contributed by atoms with Gasteiger partial charge in [-0.15, -0.1) is 0 Å². The molecule has 2 aliphatic carbocycles. The van der Waals surface area contributed by atoms with Gasteiger partial charge in [0.25, 0.3) is 0 Å². The minimum absolute atomic E-state index is 0.482. The molecule has 2 aliphatic rings.